The van der Waals surface area contributed by atoms with Crippen LogP contribution in [0.15, 0.2) is 0 Å². The van der Waals surface area contributed by atoms with E-state index in [-0.39, 0.29) is 23.6 Å². The maximum atomic E-state index is 6.13. The summed E-state index contributed by atoms with van der Waals surface area (Å²) in [5.41, 5.74) is 11.9. The Balaban J connectivity index is 1.99. The van der Waals surface area contributed by atoms with Gasteiger partial charge in [0, 0.05) is 18.6 Å². The second-order valence-corrected chi connectivity index (χ2v) is 4.47. The van der Waals surface area contributed by atoms with Gasteiger partial charge in [-0.25, -0.2) is 0 Å². The SMILES string of the molecule is NC1NCNC(Cl)C1C(N)C1CC1. The van der Waals surface area contributed by atoms with Crippen molar-refractivity contribution < 1.29 is 0 Å². The number of hydrogen-bond donors (Lipinski definition) is 4. The van der Waals surface area contributed by atoms with E-state index < -0.39 is 0 Å². The van der Waals surface area contributed by atoms with Crippen LogP contribution in [0.4, 0.5) is 0 Å². The zero-order valence-corrected chi connectivity index (χ0v) is 8.30. The zero-order valence-electron chi connectivity index (χ0n) is 7.54. The van der Waals surface area contributed by atoms with Crippen LogP contribution in [-0.4, -0.2) is 24.4 Å². The highest BCUT2D eigenvalue weighted by atomic mass is 35.5. The van der Waals surface area contributed by atoms with Crippen molar-refractivity contribution in [3.05, 3.63) is 0 Å². The second kappa shape index (κ2) is 3.71. The molecule has 4 unspecified atom stereocenters. The van der Waals surface area contributed by atoms with E-state index in [1.54, 1.807) is 0 Å². The summed E-state index contributed by atoms with van der Waals surface area (Å²) in [6, 6.07) is 0.137. The van der Waals surface area contributed by atoms with Crippen molar-refractivity contribution in [2.24, 2.45) is 23.3 Å². The lowest BCUT2D eigenvalue weighted by Crippen LogP contribution is -2.64. The summed E-state index contributed by atoms with van der Waals surface area (Å²) in [7, 11) is 0. The average Bonchev–Trinajstić information content (AvgIpc) is 2.85. The quantitative estimate of drug-likeness (QED) is 0.356. The van der Waals surface area contributed by atoms with Crippen molar-refractivity contribution >= 4 is 11.6 Å². The monoisotopic (exact) mass is 204 g/mol. The lowest BCUT2D eigenvalue weighted by molar-refractivity contribution is 0.213. The highest BCUT2D eigenvalue weighted by Gasteiger charge is 2.41. The Bertz CT molecular complexity index is 175. The van der Waals surface area contributed by atoms with E-state index in [1.165, 1.54) is 12.8 Å². The van der Waals surface area contributed by atoms with Crippen LogP contribution < -0.4 is 22.1 Å². The lowest BCUT2D eigenvalue weighted by atomic mass is 9.92. The number of nitrogens with two attached hydrogens (primary N) is 2. The number of halogens is 1. The Kier molecular flexibility index (Phi) is 2.76. The van der Waals surface area contributed by atoms with Crippen molar-refractivity contribution in [2.45, 2.75) is 30.6 Å². The molecular weight excluding hydrogens is 188 g/mol. The Labute approximate surface area is 83.4 Å². The van der Waals surface area contributed by atoms with Crippen LogP contribution in [0.2, 0.25) is 0 Å². The predicted molar refractivity (Wildman–Crippen MR) is 52.9 cm³/mol. The molecule has 5 heteroatoms. The minimum atomic E-state index is -0.0909. The van der Waals surface area contributed by atoms with Crippen LogP contribution in [0, 0.1) is 11.8 Å². The summed E-state index contributed by atoms with van der Waals surface area (Å²) < 4.78 is 0. The maximum Gasteiger partial charge on any atom is 0.0906 e. The molecule has 0 aromatic rings. The van der Waals surface area contributed by atoms with Crippen LogP contribution in [0.1, 0.15) is 12.8 Å². The molecule has 2 rings (SSSR count). The van der Waals surface area contributed by atoms with E-state index in [2.05, 4.69) is 10.6 Å². The first-order chi connectivity index (χ1) is 6.20. The number of hydrogen-bond acceptors (Lipinski definition) is 4. The summed E-state index contributed by atoms with van der Waals surface area (Å²) in [5, 5.41) is 6.25. The molecule has 2 fully saturated rings. The van der Waals surface area contributed by atoms with Gasteiger partial charge in [-0.1, -0.05) is 0 Å². The first-order valence-electron chi connectivity index (χ1n) is 4.82. The molecular formula is C8H17ClN4. The van der Waals surface area contributed by atoms with Crippen molar-refractivity contribution in [2.75, 3.05) is 6.67 Å². The molecule has 1 aliphatic carbocycles. The van der Waals surface area contributed by atoms with Crippen molar-refractivity contribution in [1.29, 1.82) is 0 Å². The second-order valence-electron chi connectivity index (χ2n) is 4.00. The van der Waals surface area contributed by atoms with Gasteiger partial charge < -0.3 is 11.5 Å². The largest absolute Gasteiger partial charge is 0.327 e. The fraction of sp³-hybridized carbons (Fsp3) is 1.00. The molecule has 76 valence electrons. The van der Waals surface area contributed by atoms with Gasteiger partial charge in [-0.3, -0.25) is 10.6 Å². The molecule has 0 amide bonds. The maximum absolute atomic E-state index is 6.13. The molecule has 2 aliphatic rings. The molecule has 1 saturated heterocycles. The number of alkyl halides is 1. The van der Waals surface area contributed by atoms with Gasteiger partial charge in [0.25, 0.3) is 0 Å². The average molecular weight is 205 g/mol. The van der Waals surface area contributed by atoms with Crippen molar-refractivity contribution in [1.82, 2.24) is 10.6 Å². The molecule has 1 saturated carbocycles. The van der Waals surface area contributed by atoms with Gasteiger partial charge in [-0.15, -0.1) is 11.6 Å². The third-order valence-electron chi connectivity index (χ3n) is 3.00. The van der Waals surface area contributed by atoms with Gasteiger partial charge in [0.2, 0.25) is 0 Å². The summed E-state index contributed by atoms with van der Waals surface area (Å²) in [6.45, 7) is 0.670. The summed E-state index contributed by atoms with van der Waals surface area (Å²) >= 11 is 6.13. The molecule has 0 spiro atoms. The first kappa shape index (κ1) is 9.68. The van der Waals surface area contributed by atoms with Gasteiger partial charge in [0.05, 0.1) is 11.7 Å². The van der Waals surface area contributed by atoms with Gasteiger partial charge in [0.1, 0.15) is 0 Å². The van der Waals surface area contributed by atoms with Gasteiger partial charge in [0.15, 0.2) is 0 Å². The number of rotatable bonds is 2. The van der Waals surface area contributed by atoms with Crippen LogP contribution in [-0.2, 0) is 0 Å². The Hall–Kier alpha value is 0.130. The highest BCUT2D eigenvalue weighted by molar-refractivity contribution is 6.20. The molecule has 0 radical (unpaired) electrons. The topological polar surface area (TPSA) is 76.1 Å². The third-order valence-corrected chi connectivity index (χ3v) is 3.44. The van der Waals surface area contributed by atoms with E-state index >= 15 is 0 Å². The van der Waals surface area contributed by atoms with E-state index in [1.807, 2.05) is 0 Å². The van der Waals surface area contributed by atoms with E-state index in [9.17, 15) is 0 Å². The molecule has 1 aliphatic heterocycles. The van der Waals surface area contributed by atoms with Gasteiger partial charge >= 0.3 is 0 Å². The van der Waals surface area contributed by atoms with Crippen LogP contribution >= 0.6 is 11.6 Å². The highest BCUT2D eigenvalue weighted by Crippen LogP contribution is 2.36. The van der Waals surface area contributed by atoms with E-state index in [4.69, 9.17) is 23.1 Å². The smallest absolute Gasteiger partial charge is 0.0906 e. The minimum Gasteiger partial charge on any atom is -0.327 e. The van der Waals surface area contributed by atoms with Crippen LogP contribution in [0.3, 0.4) is 0 Å². The fourth-order valence-electron chi connectivity index (χ4n) is 1.96. The van der Waals surface area contributed by atoms with Crippen LogP contribution in [0.5, 0.6) is 0 Å². The summed E-state index contributed by atoms with van der Waals surface area (Å²) in [6.07, 6.45) is 2.39. The van der Waals surface area contributed by atoms with Gasteiger partial charge in [-0.2, -0.15) is 0 Å². The molecule has 6 N–H and O–H groups in total. The van der Waals surface area contributed by atoms with Crippen LogP contribution in [0.25, 0.3) is 0 Å². The fourth-order valence-corrected chi connectivity index (χ4v) is 2.36. The third kappa shape index (κ3) is 1.97. The molecule has 13 heavy (non-hydrogen) atoms. The Morgan fingerprint density at radius 3 is 2.54 bits per heavy atom. The molecule has 0 aromatic carbocycles. The number of nitrogens with one attached hydrogen (secondary N) is 2. The molecule has 4 atom stereocenters. The van der Waals surface area contributed by atoms with E-state index in [0.29, 0.717) is 12.6 Å². The molecule has 4 nitrogen and oxygen atoms in total. The standard InChI is InChI=1S/C8H17ClN4/c9-7-5(6(10)4-1-2-4)8(11)13-3-12-7/h4-8,12-13H,1-3,10-11H2. The minimum absolute atomic E-state index is 0.0700. The molecule has 0 aromatic heterocycles. The Morgan fingerprint density at radius 2 is 2.00 bits per heavy atom. The van der Waals surface area contributed by atoms with Crippen molar-refractivity contribution in [3.8, 4) is 0 Å². The zero-order chi connectivity index (χ0) is 9.42. The lowest BCUT2D eigenvalue weighted by Gasteiger charge is -2.38. The van der Waals surface area contributed by atoms with Crippen molar-refractivity contribution in [3.63, 3.8) is 0 Å². The van der Waals surface area contributed by atoms with Gasteiger partial charge in [-0.05, 0) is 18.8 Å². The Morgan fingerprint density at radius 1 is 1.31 bits per heavy atom. The normalized spacial score (nSPS) is 43.2. The van der Waals surface area contributed by atoms with E-state index in [0.717, 1.165) is 0 Å². The molecule has 0 bridgehead atoms. The molecule has 1 heterocycles. The summed E-state index contributed by atoms with van der Waals surface area (Å²) in [5.74, 6) is 0.780. The predicted octanol–water partition coefficient (Wildman–Crippen LogP) is -0.660. The first-order valence-corrected chi connectivity index (χ1v) is 5.26. The summed E-state index contributed by atoms with van der Waals surface area (Å²) in [4.78, 5) is 0.